The van der Waals surface area contributed by atoms with Crippen LogP contribution in [0.1, 0.15) is 53.7 Å². The highest BCUT2D eigenvalue weighted by Crippen LogP contribution is 2.28. The van der Waals surface area contributed by atoms with Crippen molar-refractivity contribution in [3.05, 3.63) is 59.2 Å². The maximum atomic E-state index is 12.9. The number of sulfonamides is 1. The molecule has 1 saturated heterocycles. The molecule has 6 nitrogen and oxygen atoms in total. The topological polar surface area (TPSA) is 75.7 Å². The van der Waals surface area contributed by atoms with E-state index in [2.05, 4.69) is 5.32 Å². The van der Waals surface area contributed by atoms with Crippen LogP contribution in [0.2, 0.25) is 0 Å². The summed E-state index contributed by atoms with van der Waals surface area (Å²) in [6.07, 6.45) is 2.24. The van der Waals surface area contributed by atoms with Crippen molar-refractivity contribution in [2.75, 3.05) is 23.7 Å². The fourth-order valence-corrected chi connectivity index (χ4v) is 5.27. The molecule has 1 amide bonds. The molecule has 0 aromatic heterocycles. The van der Waals surface area contributed by atoms with Gasteiger partial charge in [0.25, 0.3) is 5.91 Å². The Labute approximate surface area is 172 Å². The van der Waals surface area contributed by atoms with Crippen LogP contribution in [0.4, 0.5) is 5.69 Å². The monoisotopic (exact) mass is 416 g/mol. The Morgan fingerprint density at radius 1 is 1.17 bits per heavy atom. The lowest BCUT2D eigenvalue weighted by Crippen LogP contribution is -2.38. The third-order valence-corrected chi connectivity index (χ3v) is 7.18. The van der Waals surface area contributed by atoms with E-state index in [-0.39, 0.29) is 17.7 Å². The second-order valence-corrected chi connectivity index (χ2v) is 9.32. The normalized spacial score (nSPS) is 16.9. The van der Waals surface area contributed by atoms with Crippen LogP contribution in [0, 0.1) is 6.92 Å². The van der Waals surface area contributed by atoms with Crippen molar-refractivity contribution in [1.29, 1.82) is 0 Å². The molecule has 7 heteroatoms. The summed E-state index contributed by atoms with van der Waals surface area (Å²) in [5.41, 5.74) is 2.88. The van der Waals surface area contributed by atoms with Crippen LogP contribution in [-0.4, -0.2) is 33.7 Å². The molecule has 0 unspecified atom stereocenters. The smallest absolute Gasteiger partial charge is 0.251 e. The fraction of sp³-hybridized carbons (Fsp3) is 0.409. The van der Waals surface area contributed by atoms with E-state index in [4.69, 9.17) is 4.74 Å². The minimum atomic E-state index is -3.33. The Bertz CT molecular complexity index is 971. The number of carbonyl (C=O) groups is 1. The molecule has 2 aromatic rings. The molecule has 1 aliphatic heterocycles. The van der Waals surface area contributed by atoms with Gasteiger partial charge in [-0.05, 0) is 61.6 Å². The highest BCUT2D eigenvalue weighted by molar-refractivity contribution is 7.92. The van der Waals surface area contributed by atoms with E-state index in [1.54, 1.807) is 19.2 Å². The predicted molar refractivity (Wildman–Crippen MR) is 115 cm³/mol. The average Bonchev–Trinajstić information content (AvgIpc) is 2.72. The molecule has 0 aliphatic carbocycles. The highest BCUT2D eigenvalue weighted by atomic mass is 32.2. The third kappa shape index (κ3) is 4.72. The number of hydrogen-bond acceptors (Lipinski definition) is 4. The molecule has 3 rings (SSSR count). The summed E-state index contributed by atoms with van der Waals surface area (Å²) >= 11 is 0. The number of nitrogens with zero attached hydrogens (tertiary/aromatic N) is 1. The molecular weight excluding hydrogens is 388 g/mol. The number of aryl methyl sites for hydroxylation is 1. The molecule has 29 heavy (non-hydrogen) atoms. The van der Waals surface area contributed by atoms with Crippen LogP contribution in [0.5, 0.6) is 5.75 Å². The molecule has 1 fully saturated rings. The number of amides is 1. The summed E-state index contributed by atoms with van der Waals surface area (Å²) in [5.74, 6) is 0.697. The van der Waals surface area contributed by atoms with E-state index in [1.165, 1.54) is 4.31 Å². The molecule has 1 aliphatic rings. The Kier molecular flexibility index (Phi) is 6.47. The quantitative estimate of drug-likeness (QED) is 0.777. The summed E-state index contributed by atoms with van der Waals surface area (Å²) in [6, 6.07) is 12.7. The Hall–Kier alpha value is -2.54. The Morgan fingerprint density at radius 3 is 2.52 bits per heavy atom. The van der Waals surface area contributed by atoms with E-state index < -0.39 is 10.0 Å². The lowest BCUT2D eigenvalue weighted by molar-refractivity contribution is 0.0935. The van der Waals surface area contributed by atoms with Gasteiger partial charge in [-0.25, -0.2) is 8.42 Å². The number of carbonyl (C=O) groups excluding carboxylic acids is 1. The zero-order chi connectivity index (χ0) is 21.0. The second kappa shape index (κ2) is 8.86. The van der Waals surface area contributed by atoms with Gasteiger partial charge in [-0.3, -0.25) is 9.10 Å². The summed E-state index contributed by atoms with van der Waals surface area (Å²) in [6.45, 7) is 4.33. The van der Waals surface area contributed by atoms with Crippen molar-refractivity contribution in [2.45, 2.75) is 39.2 Å². The molecule has 156 valence electrons. The van der Waals surface area contributed by atoms with E-state index in [9.17, 15) is 13.2 Å². The predicted octanol–water partition coefficient (Wildman–Crippen LogP) is 3.81. The third-order valence-electron chi connectivity index (χ3n) is 5.32. The number of methoxy groups -OCH3 is 1. The molecule has 0 spiro atoms. The molecule has 1 N–H and O–H groups in total. The van der Waals surface area contributed by atoms with E-state index in [0.29, 0.717) is 24.2 Å². The van der Waals surface area contributed by atoms with Crippen molar-refractivity contribution >= 4 is 21.6 Å². The SMILES string of the molecule is CC[C@H](NC(=O)c1ccc(C)c(N2CCCCS2(=O)=O)c1)c1ccc(OC)cc1. The average molecular weight is 417 g/mol. The van der Waals surface area contributed by atoms with Gasteiger partial charge in [0.05, 0.1) is 24.6 Å². The van der Waals surface area contributed by atoms with Crippen molar-refractivity contribution in [2.24, 2.45) is 0 Å². The van der Waals surface area contributed by atoms with Crippen molar-refractivity contribution in [3.8, 4) is 5.75 Å². The largest absolute Gasteiger partial charge is 0.497 e. The fourth-order valence-electron chi connectivity index (χ4n) is 3.58. The van der Waals surface area contributed by atoms with Gasteiger partial charge >= 0.3 is 0 Å². The van der Waals surface area contributed by atoms with Crippen LogP contribution >= 0.6 is 0 Å². The van der Waals surface area contributed by atoms with Gasteiger partial charge in [0.15, 0.2) is 0 Å². The van der Waals surface area contributed by atoms with Crippen molar-refractivity contribution in [3.63, 3.8) is 0 Å². The van der Waals surface area contributed by atoms with Gasteiger partial charge in [0.2, 0.25) is 10.0 Å². The lowest BCUT2D eigenvalue weighted by Gasteiger charge is -2.30. The molecule has 1 atom stereocenters. The first kappa shape index (κ1) is 21.2. The van der Waals surface area contributed by atoms with Crippen LogP contribution in [0.15, 0.2) is 42.5 Å². The Morgan fingerprint density at radius 2 is 1.90 bits per heavy atom. The van der Waals surface area contributed by atoms with Gasteiger partial charge in [0.1, 0.15) is 5.75 Å². The summed E-state index contributed by atoms with van der Waals surface area (Å²) in [7, 11) is -1.71. The zero-order valence-corrected chi connectivity index (χ0v) is 18.0. The summed E-state index contributed by atoms with van der Waals surface area (Å²) in [4.78, 5) is 12.9. The number of benzene rings is 2. The highest BCUT2D eigenvalue weighted by Gasteiger charge is 2.28. The number of anilines is 1. The molecule has 0 saturated carbocycles. The molecule has 0 radical (unpaired) electrons. The van der Waals surface area contributed by atoms with Gasteiger partial charge in [-0.1, -0.05) is 25.1 Å². The van der Waals surface area contributed by atoms with Gasteiger partial charge in [-0.15, -0.1) is 0 Å². The molecule has 2 aromatic carbocycles. The van der Waals surface area contributed by atoms with E-state index in [0.717, 1.165) is 29.7 Å². The van der Waals surface area contributed by atoms with Crippen LogP contribution in [0.25, 0.3) is 0 Å². The second-order valence-electron chi connectivity index (χ2n) is 7.30. The number of hydrogen-bond donors (Lipinski definition) is 1. The van der Waals surface area contributed by atoms with E-state index >= 15 is 0 Å². The van der Waals surface area contributed by atoms with Crippen LogP contribution < -0.4 is 14.4 Å². The van der Waals surface area contributed by atoms with E-state index in [1.807, 2.05) is 44.2 Å². The number of nitrogens with one attached hydrogen (secondary N) is 1. The van der Waals surface area contributed by atoms with Crippen molar-refractivity contribution < 1.29 is 17.9 Å². The maximum Gasteiger partial charge on any atom is 0.251 e. The molecule has 1 heterocycles. The lowest BCUT2D eigenvalue weighted by atomic mass is 10.0. The van der Waals surface area contributed by atoms with Crippen LogP contribution in [-0.2, 0) is 10.0 Å². The maximum absolute atomic E-state index is 12.9. The van der Waals surface area contributed by atoms with Crippen LogP contribution in [0.3, 0.4) is 0 Å². The summed E-state index contributed by atoms with van der Waals surface area (Å²) < 4.78 is 31.6. The summed E-state index contributed by atoms with van der Waals surface area (Å²) in [5, 5.41) is 3.06. The minimum absolute atomic E-state index is 0.142. The first-order chi connectivity index (χ1) is 13.9. The Balaban J connectivity index is 1.83. The molecule has 0 bridgehead atoms. The van der Waals surface area contributed by atoms with Gasteiger partial charge in [-0.2, -0.15) is 0 Å². The number of rotatable bonds is 6. The zero-order valence-electron chi connectivity index (χ0n) is 17.1. The number of ether oxygens (including phenoxy) is 1. The minimum Gasteiger partial charge on any atom is -0.497 e. The standard InChI is InChI=1S/C22H28N2O4S/c1-4-20(17-9-11-19(28-3)12-10-17)23-22(25)18-8-7-16(2)21(15-18)24-13-5-6-14-29(24,26)27/h7-12,15,20H,4-6,13-14H2,1-3H3,(H,23,25)/t20-/m0/s1. The van der Waals surface area contributed by atoms with Gasteiger partial charge in [0, 0.05) is 12.1 Å². The van der Waals surface area contributed by atoms with Crippen molar-refractivity contribution in [1.82, 2.24) is 5.32 Å². The first-order valence-electron chi connectivity index (χ1n) is 9.91. The molecular formula is C22H28N2O4S. The first-order valence-corrected chi connectivity index (χ1v) is 11.5. The van der Waals surface area contributed by atoms with Gasteiger partial charge < -0.3 is 10.1 Å².